The van der Waals surface area contributed by atoms with E-state index in [2.05, 4.69) is 10.2 Å². The second kappa shape index (κ2) is 4.05. The summed E-state index contributed by atoms with van der Waals surface area (Å²) in [6.45, 7) is 0. The van der Waals surface area contributed by atoms with Crippen LogP contribution in [0.3, 0.4) is 0 Å². The van der Waals surface area contributed by atoms with Crippen LogP contribution in [0.4, 0.5) is 5.69 Å². The maximum atomic E-state index is 10.8. The number of carboxylic acid groups (broad SMARTS) is 1. The lowest BCUT2D eigenvalue weighted by Gasteiger charge is -2.03. The van der Waals surface area contributed by atoms with Crippen molar-refractivity contribution in [2.24, 2.45) is 0 Å². The number of aromatic nitrogens is 2. The number of hydrogen-bond acceptors (Lipinski definition) is 5. The zero-order chi connectivity index (χ0) is 12.4. The van der Waals surface area contributed by atoms with Gasteiger partial charge < -0.3 is 9.90 Å². The summed E-state index contributed by atoms with van der Waals surface area (Å²) < 4.78 is 0. The highest BCUT2D eigenvalue weighted by molar-refractivity contribution is 5.93. The highest BCUT2D eigenvalue weighted by Crippen LogP contribution is 2.23. The molecule has 2 aromatic rings. The lowest BCUT2D eigenvalue weighted by molar-refractivity contribution is -0.384. The van der Waals surface area contributed by atoms with E-state index in [1.54, 1.807) is 0 Å². The average Bonchev–Trinajstić information content (AvgIpc) is 2.78. The minimum atomic E-state index is -1.35. The van der Waals surface area contributed by atoms with Crippen LogP contribution in [0.2, 0.25) is 0 Å². The summed E-state index contributed by atoms with van der Waals surface area (Å²) in [5, 5.41) is 27.3. The molecule has 0 aliphatic carbocycles. The van der Waals surface area contributed by atoms with Gasteiger partial charge in [0.1, 0.15) is 0 Å². The van der Waals surface area contributed by atoms with Gasteiger partial charge in [-0.05, 0) is 12.1 Å². The molecule has 1 N–H and O–H groups in total. The molecule has 0 saturated heterocycles. The van der Waals surface area contributed by atoms with E-state index >= 15 is 0 Å². The third kappa shape index (κ3) is 1.98. The zero-order valence-electron chi connectivity index (χ0n) is 8.41. The van der Waals surface area contributed by atoms with Crippen molar-refractivity contribution >= 4 is 11.7 Å². The molecule has 0 amide bonds. The fourth-order valence-electron chi connectivity index (χ4n) is 1.41. The number of nitrogens with zero attached hydrogens (tertiary/aromatic N) is 2. The maximum absolute atomic E-state index is 10.8. The molecule has 1 aromatic heterocycles. The molecular formula is C10H6N3O4-. The number of non-ortho nitro benzene ring substituents is 1. The number of nitro benzene ring substituents is 1. The van der Waals surface area contributed by atoms with Gasteiger partial charge in [0.25, 0.3) is 5.69 Å². The largest absolute Gasteiger partial charge is 0.545 e. The SMILES string of the molecule is O=C([O-])c1cn[nH]c1-c1ccc([N+](=O)[O-])cc1. The van der Waals surface area contributed by atoms with Gasteiger partial charge >= 0.3 is 0 Å². The average molecular weight is 232 g/mol. The van der Waals surface area contributed by atoms with Crippen LogP contribution in [0.15, 0.2) is 30.5 Å². The molecule has 0 aliphatic heterocycles. The van der Waals surface area contributed by atoms with Gasteiger partial charge in [-0.3, -0.25) is 15.2 Å². The van der Waals surface area contributed by atoms with E-state index in [1.807, 2.05) is 0 Å². The van der Waals surface area contributed by atoms with Crippen molar-refractivity contribution in [2.75, 3.05) is 0 Å². The highest BCUT2D eigenvalue weighted by Gasteiger charge is 2.10. The Balaban J connectivity index is 2.43. The maximum Gasteiger partial charge on any atom is 0.269 e. The minimum absolute atomic E-state index is 0.0664. The number of benzene rings is 1. The van der Waals surface area contributed by atoms with Gasteiger partial charge in [-0.2, -0.15) is 5.10 Å². The molecule has 86 valence electrons. The lowest BCUT2D eigenvalue weighted by Crippen LogP contribution is -2.22. The van der Waals surface area contributed by atoms with Crippen molar-refractivity contribution in [1.82, 2.24) is 10.2 Å². The summed E-state index contributed by atoms with van der Waals surface area (Å²) in [7, 11) is 0. The third-order valence-corrected chi connectivity index (χ3v) is 2.23. The van der Waals surface area contributed by atoms with Crippen molar-refractivity contribution in [2.45, 2.75) is 0 Å². The number of carboxylic acids is 1. The minimum Gasteiger partial charge on any atom is -0.545 e. The van der Waals surface area contributed by atoms with Crippen LogP contribution in [-0.2, 0) is 0 Å². The summed E-state index contributed by atoms with van der Waals surface area (Å²) in [6, 6.07) is 5.46. The van der Waals surface area contributed by atoms with Crippen LogP contribution < -0.4 is 5.11 Å². The number of nitrogens with one attached hydrogen (secondary N) is 1. The predicted molar refractivity (Wildman–Crippen MR) is 55.0 cm³/mol. The Labute approximate surface area is 94.9 Å². The summed E-state index contributed by atoms with van der Waals surface area (Å²) in [5.74, 6) is -1.35. The van der Waals surface area contributed by atoms with Crippen molar-refractivity contribution < 1.29 is 14.8 Å². The Morgan fingerprint density at radius 2 is 1.94 bits per heavy atom. The summed E-state index contributed by atoms with van der Waals surface area (Å²) in [5.41, 5.74) is 0.606. The first-order valence-electron chi connectivity index (χ1n) is 4.59. The van der Waals surface area contributed by atoms with Crippen LogP contribution in [0, 0.1) is 10.1 Å². The van der Waals surface area contributed by atoms with Crippen molar-refractivity contribution in [3.8, 4) is 11.3 Å². The molecule has 0 spiro atoms. The van der Waals surface area contributed by atoms with Gasteiger partial charge in [0.15, 0.2) is 0 Å². The van der Waals surface area contributed by atoms with Gasteiger partial charge in [0, 0.05) is 23.3 Å². The molecule has 17 heavy (non-hydrogen) atoms. The Hall–Kier alpha value is -2.70. The van der Waals surface area contributed by atoms with Gasteiger partial charge in [-0.25, -0.2) is 0 Å². The van der Waals surface area contributed by atoms with Crippen LogP contribution in [0.5, 0.6) is 0 Å². The highest BCUT2D eigenvalue weighted by atomic mass is 16.6. The third-order valence-electron chi connectivity index (χ3n) is 2.23. The molecule has 0 radical (unpaired) electrons. The van der Waals surface area contributed by atoms with E-state index < -0.39 is 10.9 Å². The van der Waals surface area contributed by atoms with Gasteiger partial charge in [-0.1, -0.05) is 0 Å². The quantitative estimate of drug-likeness (QED) is 0.606. The molecule has 0 bridgehead atoms. The Kier molecular flexibility index (Phi) is 2.57. The number of nitro groups is 1. The Bertz CT molecular complexity index is 573. The normalized spacial score (nSPS) is 10.1. The molecule has 0 aliphatic rings. The van der Waals surface area contributed by atoms with Gasteiger partial charge in [0.05, 0.1) is 22.8 Å². The lowest BCUT2D eigenvalue weighted by atomic mass is 10.1. The van der Waals surface area contributed by atoms with E-state index in [1.165, 1.54) is 24.3 Å². The first kappa shape index (κ1) is 10.8. The fourth-order valence-corrected chi connectivity index (χ4v) is 1.41. The molecule has 0 fully saturated rings. The number of carbonyl (C=O) groups excluding carboxylic acids is 1. The molecule has 1 heterocycles. The topological polar surface area (TPSA) is 112 Å². The van der Waals surface area contributed by atoms with E-state index in [0.717, 1.165) is 6.20 Å². The van der Waals surface area contributed by atoms with Crippen molar-refractivity contribution in [3.05, 3.63) is 46.1 Å². The molecule has 0 atom stereocenters. The second-order valence-corrected chi connectivity index (χ2v) is 3.25. The van der Waals surface area contributed by atoms with Crippen LogP contribution in [0.25, 0.3) is 11.3 Å². The van der Waals surface area contributed by atoms with Crippen LogP contribution in [0.1, 0.15) is 10.4 Å². The first-order chi connectivity index (χ1) is 8.09. The molecule has 0 unspecified atom stereocenters. The van der Waals surface area contributed by atoms with Crippen LogP contribution in [-0.4, -0.2) is 21.1 Å². The summed E-state index contributed by atoms with van der Waals surface area (Å²) in [4.78, 5) is 20.7. The van der Waals surface area contributed by atoms with E-state index in [4.69, 9.17) is 0 Å². The number of H-pyrrole nitrogens is 1. The number of rotatable bonds is 3. The summed E-state index contributed by atoms with van der Waals surface area (Å²) >= 11 is 0. The number of carbonyl (C=O) groups is 1. The number of aromatic amines is 1. The van der Waals surface area contributed by atoms with Gasteiger partial charge in [0.2, 0.25) is 0 Å². The smallest absolute Gasteiger partial charge is 0.269 e. The molecule has 1 aromatic carbocycles. The summed E-state index contributed by atoms with van der Waals surface area (Å²) in [6.07, 6.45) is 1.13. The molecular weight excluding hydrogens is 226 g/mol. The van der Waals surface area contributed by atoms with Gasteiger partial charge in [-0.15, -0.1) is 0 Å². The van der Waals surface area contributed by atoms with Crippen LogP contribution >= 0.6 is 0 Å². The van der Waals surface area contributed by atoms with E-state index in [9.17, 15) is 20.0 Å². The van der Waals surface area contributed by atoms with E-state index in [-0.39, 0.29) is 16.9 Å². The predicted octanol–water partition coefficient (Wildman–Crippen LogP) is 0.348. The monoisotopic (exact) mass is 232 g/mol. The van der Waals surface area contributed by atoms with Crippen molar-refractivity contribution in [3.63, 3.8) is 0 Å². The zero-order valence-corrected chi connectivity index (χ0v) is 8.41. The number of aromatic carboxylic acids is 1. The standard InChI is InChI=1S/C10H7N3O4/c14-10(15)8-5-11-12-9(8)6-1-3-7(4-2-6)13(16)17/h1-5H,(H,11,12)(H,14,15)/p-1. The number of hydrogen-bond donors (Lipinski definition) is 1. The molecule has 2 rings (SSSR count). The molecule has 0 saturated carbocycles. The Morgan fingerprint density at radius 3 is 2.47 bits per heavy atom. The van der Waals surface area contributed by atoms with Crippen molar-refractivity contribution in [1.29, 1.82) is 0 Å². The van der Waals surface area contributed by atoms with E-state index in [0.29, 0.717) is 5.56 Å². The first-order valence-corrected chi connectivity index (χ1v) is 4.59. The fraction of sp³-hybridized carbons (Fsp3) is 0. The Morgan fingerprint density at radius 1 is 1.29 bits per heavy atom. The molecule has 7 heteroatoms. The second-order valence-electron chi connectivity index (χ2n) is 3.25. The molecule has 7 nitrogen and oxygen atoms in total.